The summed E-state index contributed by atoms with van der Waals surface area (Å²) in [5.41, 5.74) is 6.79. The van der Waals surface area contributed by atoms with Crippen molar-refractivity contribution in [3.05, 3.63) is 83.3 Å². The van der Waals surface area contributed by atoms with Crippen LogP contribution in [-0.4, -0.2) is 24.7 Å². The zero-order chi connectivity index (χ0) is 19.5. The molecule has 2 heterocycles. The SMILES string of the molecule is Cc1ccc(-n2c(SCc3cc(C)ccc3C)nnc2-c2cnccn2)cc1. The fraction of sp³-hybridized carbons (Fsp3) is 0.182. The fourth-order valence-corrected chi connectivity index (χ4v) is 3.98. The standard InChI is InChI=1S/C22H21N5S/c1-15-5-8-19(9-6-15)27-21(20-13-23-10-11-24-20)25-26-22(27)28-14-18-12-16(2)4-7-17(18)3/h4-13H,14H2,1-3H3. The third-order valence-electron chi connectivity index (χ3n) is 4.58. The Kier molecular flexibility index (Phi) is 5.21. The predicted molar refractivity (Wildman–Crippen MR) is 113 cm³/mol. The van der Waals surface area contributed by atoms with Crippen LogP contribution in [0.2, 0.25) is 0 Å². The molecule has 28 heavy (non-hydrogen) atoms. The lowest BCUT2D eigenvalue weighted by Gasteiger charge is -2.11. The van der Waals surface area contributed by atoms with Gasteiger partial charge < -0.3 is 0 Å². The van der Waals surface area contributed by atoms with Crippen molar-refractivity contribution in [3.63, 3.8) is 0 Å². The molecular formula is C22H21N5S. The average Bonchev–Trinajstić information content (AvgIpc) is 3.14. The van der Waals surface area contributed by atoms with Gasteiger partial charge in [-0.05, 0) is 44.0 Å². The van der Waals surface area contributed by atoms with E-state index in [1.807, 2.05) is 0 Å². The van der Waals surface area contributed by atoms with E-state index in [-0.39, 0.29) is 0 Å². The summed E-state index contributed by atoms with van der Waals surface area (Å²) in [6, 6.07) is 14.9. The zero-order valence-electron chi connectivity index (χ0n) is 16.1. The van der Waals surface area contributed by atoms with Gasteiger partial charge in [0.25, 0.3) is 0 Å². The Hall–Kier alpha value is -2.99. The van der Waals surface area contributed by atoms with Crippen molar-refractivity contribution < 1.29 is 0 Å². The van der Waals surface area contributed by atoms with E-state index in [1.54, 1.807) is 30.4 Å². The third kappa shape index (κ3) is 3.82. The van der Waals surface area contributed by atoms with Crippen LogP contribution in [0.3, 0.4) is 0 Å². The molecule has 140 valence electrons. The molecule has 5 nitrogen and oxygen atoms in total. The number of benzene rings is 2. The van der Waals surface area contributed by atoms with Gasteiger partial charge >= 0.3 is 0 Å². The van der Waals surface area contributed by atoms with Gasteiger partial charge in [0.05, 0.1) is 6.20 Å². The molecule has 0 aliphatic heterocycles. The highest BCUT2D eigenvalue weighted by atomic mass is 32.2. The Morgan fingerprint density at radius 3 is 2.43 bits per heavy atom. The van der Waals surface area contributed by atoms with Crippen molar-refractivity contribution in [2.45, 2.75) is 31.7 Å². The van der Waals surface area contributed by atoms with Crippen LogP contribution in [0.15, 0.2) is 66.2 Å². The number of thioether (sulfide) groups is 1. The largest absolute Gasteiger partial charge is 0.269 e. The maximum atomic E-state index is 4.47. The Bertz CT molecular complexity index is 1090. The molecule has 0 spiro atoms. The summed E-state index contributed by atoms with van der Waals surface area (Å²) in [4.78, 5) is 8.60. The zero-order valence-corrected chi connectivity index (χ0v) is 16.9. The van der Waals surface area contributed by atoms with E-state index >= 15 is 0 Å². The van der Waals surface area contributed by atoms with Crippen LogP contribution >= 0.6 is 11.8 Å². The molecule has 0 bridgehead atoms. The molecule has 0 atom stereocenters. The van der Waals surface area contributed by atoms with Crippen molar-refractivity contribution in [1.82, 2.24) is 24.7 Å². The van der Waals surface area contributed by atoms with E-state index in [0.29, 0.717) is 11.5 Å². The van der Waals surface area contributed by atoms with Gasteiger partial charge in [0.1, 0.15) is 5.69 Å². The van der Waals surface area contributed by atoms with E-state index in [2.05, 4.69) is 88.0 Å². The minimum atomic E-state index is 0.695. The van der Waals surface area contributed by atoms with Crippen molar-refractivity contribution in [3.8, 4) is 17.2 Å². The lowest BCUT2D eigenvalue weighted by atomic mass is 10.1. The summed E-state index contributed by atoms with van der Waals surface area (Å²) >= 11 is 1.68. The molecule has 0 saturated heterocycles. The molecule has 0 fully saturated rings. The smallest absolute Gasteiger partial charge is 0.196 e. The highest BCUT2D eigenvalue weighted by Crippen LogP contribution is 2.29. The minimum Gasteiger partial charge on any atom is -0.269 e. The Morgan fingerprint density at radius 2 is 1.68 bits per heavy atom. The molecule has 2 aromatic carbocycles. The minimum absolute atomic E-state index is 0.695. The quantitative estimate of drug-likeness (QED) is 0.454. The number of hydrogen-bond donors (Lipinski definition) is 0. The molecular weight excluding hydrogens is 366 g/mol. The van der Waals surface area contributed by atoms with Gasteiger partial charge in [-0.2, -0.15) is 0 Å². The molecule has 0 N–H and O–H groups in total. The first-order chi connectivity index (χ1) is 13.6. The van der Waals surface area contributed by atoms with Gasteiger partial charge in [0.2, 0.25) is 0 Å². The van der Waals surface area contributed by atoms with Gasteiger partial charge in [-0.3, -0.25) is 9.55 Å². The first-order valence-corrected chi connectivity index (χ1v) is 10.1. The maximum Gasteiger partial charge on any atom is 0.196 e. The second kappa shape index (κ2) is 7.94. The lowest BCUT2D eigenvalue weighted by molar-refractivity contribution is 0.884. The Labute approximate surface area is 168 Å². The normalized spacial score (nSPS) is 11.0. The Balaban J connectivity index is 1.74. The fourth-order valence-electron chi connectivity index (χ4n) is 2.97. The van der Waals surface area contributed by atoms with Gasteiger partial charge in [-0.15, -0.1) is 10.2 Å². The van der Waals surface area contributed by atoms with E-state index in [4.69, 9.17) is 0 Å². The molecule has 2 aromatic heterocycles. The highest BCUT2D eigenvalue weighted by Gasteiger charge is 2.17. The molecule has 4 rings (SSSR count). The van der Waals surface area contributed by atoms with Gasteiger partial charge in [-0.1, -0.05) is 53.2 Å². The van der Waals surface area contributed by atoms with Crippen LogP contribution in [0.1, 0.15) is 22.3 Å². The molecule has 0 unspecified atom stereocenters. The van der Waals surface area contributed by atoms with E-state index in [0.717, 1.165) is 16.6 Å². The summed E-state index contributed by atoms with van der Waals surface area (Å²) in [6.07, 6.45) is 5.05. The second-order valence-electron chi connectivity index (χ2n) is 6.79. The molecule has 0 radical (unpaired) electrons. The first kappa shape index (κ1) is 18.4. The van der Waals surface area contributed by atoms with E-state index in [9.17, 15) is 0 Å². The van der Waals surface area contributed by atoms with Crippen molar-refractivity contribution in [1.29, 1.82) is 0 Å². The van der Waals surface area contributed by atoms with Gasteiger partial charge in [-0.25, -0.2) is 4.98 Å². The van der Waals surface area contributed by atoms with E-state index < -0.39 is 0 Å². The van der Waals surface area contributed by atoms with Crippen molar-refractivity contribution in [2.75, 3.05) is 0 Å². The molecule has 0 aliphatic rings. The molecule has 6 heteroatoms. The molecule has 0 amide bonds. The summed E-state index contributed by atoms with van der Waals surface area (Å²) < 4.78 is 2.05. The van der Waals surface area contributed by atoms with Crippen LogP contribution in [0.5, 0.6) is 0 Å². The number of aromatic nitrogens is 5. The number of aryl methyl sites for hydroxylation is 3. The van der Waals surface area contributed by atoms with Crippen LogP contribution in [0.4, 0.5) is 0 Å². The highest BCUT2D eigenvalue weighted by molar-refractivity contribution is 7.98. The monoisotopic (exact) mass is 387 g/mol. The lowest BCUT2D eigenvalue weighted by Crippen LogP contribution is -2.01. The Morgan fingerprint density at radius 1 is 0.893 bits per heavy atom. The topological polar surface area (TPSA) is 56.5 Å². The van der Waals surface area contributed by atoms with Crippen molar-refractivity contribution >= 4 is 11.8 Å². The third-order valence-corrected chi connectivity index (χ3v) is 5.56. The molecule has 0 aliphatic carbocycles. The van der Waals surface area contributed by atoms with Gasteiger partial charge in [0.15, 0.2) is 11.0 Å². The van der Waals surface area contributed by atoms with Gasteiger partial charge in [0, 0.05) is 23.8 Å². The van der Waals surface area contributed by atoms with E-state index in [1.165, 1.54) is 22.3 Å². The van der Waals surface area contributed by atoms with Crippen LogP contribution in [0.25, 0.3) is 17.2 Å². The second-order valence-corrected chi connectivity index (χ2v) is 7.73. The summed E-state index contributed by atoms with van der Waals surface area (Å²) in [5.74, 6) is 1.53. The van der Waals surface area contributed by atoms with Crippen LogP contribution in [0, 0.1) is 20.8 Å². The summed E-state index contributed by atoms with van der Waals surface area (Å²) in [6.45, 7) is 6.34. The molecule has 0 saturated carbocycles. The summed E-state index contributed by atoms with van der Waals surface area (Å²) in [7, 11) is 0. The maximum absolute atomic E-state index is 4.47. The molecule has 4 aromatic rings. The first-order valence-electron chi connectivity index (χ1n) is 9.09. The van der Waals surface area contributed by atoms with Crippen LogP contribution in [-0.2, 0) is 5.75 Å². The number of rotatable bonds is 5. The number of nitrogens with zero attached hydrogens (tertiary/aromatic N) is 5. The van der Waals surface area contributed by atoms with Crippen LogP contribution < -0.4 is 0 Å². The number of hydrogen-bond acceptors (Lipinski definition) is 5. The predicted octanol–water partition coefficient (Wildman–Crippen LogP) is 4.94. The summed E-state index contributed by atoms with van der Waals surface area (Å²) in [5, 5.41) is 9.73. The average molecular weight is 388 g/mol. The van der Waals surface area contributed by atoms with Crippen molar-refractivity contribution in [2.24, 2.45) is 0 Å².